The highest BCUT2D eigenvalue weighted by atomic mass is 79.9. The molecule has 110 valence electrons. The van der Waals surface area contributed by atoms with Crippen LogP contribution in [0, 0.1) is 0 Å². The number of hydrogen-bond acceptors (Lipinski definition) is 3. The Morgan fingerprint density at radius 2 is 2.05 bits per heavy atom. The second kappa shape index (κ2) is 8.10. The van der Waals surface area contributed by atoms with Crippen LogP contribution < -0.4 is 10.1 Å². The number of methoxy groups -OCH3 is 1. The standard InChI is InChI=1S/C16H16BrNO2S/c1-20-13-6-4-5-12(9-13)10-18-16(19)11-21-15-8-3-2-7-14(15)17/h2-9H,10-11H2,1H3,(H,18,19). The molecule has 5 heteroatoms. The Hall–Kier alpha value is -1.46. The van der Waals surface area contributed by atoms with E-state index in [9.17, 15) is 4.79 Å². The highest BCUT2D eigenvalue weighted by Gasteiger charge is 2.05. The number of rotatable bonds is 6. The summed E-state index contributed by atoms with van der Waals surface area (Å²) in [4.78, 5) is 12.9. The Morgan fingerprint density at radius 3 is 2.81 bits per heavy atom. The first-order valence-electron chi connectivity index (χ1n) is 6.46. The van der Waals surface area contributed by atoms with E-state index in [4.69, 9.17) is 4.74 Å². The SMILES string of the molecule is COc1cccc(CNC(=O)CSc2ccccc2Br)c1. The summed E-state index contributed by atoms with van der Waals surface area (Å²) >= 11 is 4.99. The molecule has 0 saturated heterocycles. The molecular weight excluding hydrogens is 350 g/mol. The zero-order chi connectivity index (χ0) is 15.1. The molecule has 0 radical (unpaired) electrons. The molecule has 0 unspecified atom stereocenters. The van der Waals surface area contributed by atoms with Crippen molar-refractivity contribution in [1.29, 1.82) is 0 Å². The molecule has 0 saturated carbocycles. The van der Waals surface area contributed by atoms with Gasteiger partial charge in [-0.05, 0) is 45.8 Å². The summed E-state index contributed by atoms with van der Waals surface area (Å²) in [5.41, 5.74) is 1.02. The van der Waals surface area contributed by atoms with Crippen molar-refractivity contribution >= 4 is 33.6 Å². The predicted molar refractivity (Wildman–Crippen MR) is 89.7 cm³/mol. The molecule has 0 bridgehead atoms. The second-order valence-corrected chi connectivity index (χ2v) is 6.22. The summed E-state index contributed by atoms with van der Waals surface area (Å²) in [7, 11) is 1.63. The Labute approximate surface area is 137 Å². The number of nitrogens with one attached hydrogen (secondary N) is 1. The van der Waals surface area contributed by atoms with Gasteiger partial charge in [0.15, 0.2) is 0 Å². The molecule has 2 rings (SSSR count). The lowest BCUT2D eigenvalue weighted by Gasteiger charge is -2.07. The molecule has 21 heavy (non-hydrogen) atoms. The van der Waals surface area contributed by atoms with Crippen LogP contribution in [0.1, 0.15) is 5.56 Å². The van der Waals surface area contributed by atoms with Crippen LogP contribution in [-0.2, 0) is 11.3 Å². The molecule has 2 aromatic carbocycles. The first-order valence-corrected chi connectivity index (χ1v) is 8.24. The number of thioether (sulfide) groups is 1. The number of hydrogen-bond donors (Lipinski definition) is 1. The predicted octanol–water partition coefficient (Wildman–Crippen LogP) is 3.87. The monoisotopic (exact) mass is 365 g/mol. The van der Waals surface area contributed by atoms with E-state index in [1.165, 1.54) is 11.8 Å². The van der Waals surface area contributed by atoms with Gasteiger partial charge >= 0.3 is 0 Å². The lowest BCUT2D eigenvalue weighted by Crippen LogP contribution is -2.24. The van der Waals surface area contributed by atoms with Gasteiger partial charge in [-0.15, -0.1) is 11.8 Å². The minimum Gasteiger partial charge on any atom is -0.497 e. The summed E-state index contributed by atoms with van der Waals surface area (Å²) in [5.74, 6) is 1.20. The van der Waals surface area contributed by atoms with Gasteiger partial charge in [-0.1, -0.05) is 24.3 Å². The molecule has 0 heterocycles. The van der Waals surface area contributed by atoms with E-state index in [1.54, 1.807) is 7.11 Å². The van der Waals surface area contributed by atoms with E-state index in [0.717, 1.165) is 20.7 Å². The number of halogens is 1. The van der Waals surface area contributed by atoms with Gasteiger partial charge < -0.3 is 10.1 Å². The molecule has 2 aromatic rings. The van der Waals surface area contributed by atoms with E-state index >= 15 is 0 Å². The van der Waals surface area contributed by atoms with E-state index in [1.807, 2.05) is 48.5 Å². The largest absolute Gasteiger partial charge is 0.497 e. The number of carbonyl (C=O) groups excluding carboxylic acids is 1. The van der Waals surface area contributed by atoms with Crippen molar-refractivity contribution in [2.45, 2.75) is 11.4 Å². The van der Waals surface area contributed by atoms with Gasteiger partial charge in [-0.25, -0.2) is 0 Å². The number of carbonyl (C=O) groups is 1. The van der Waals surface area contributed by atoms with Crippen LogP contribution in [0.2, 0.25) is 0 Å². The van der Waals surface area contributed by atoms with Crippen molar-refractivity contribution in [2.75, 3.05) is 12.9 Å². The first-order chi connectivity index (χ1) is 10.2. The van der Waals surface area contributed by atoms with Crippen molar-refractivity contribution < 1.29 is 9.53 Å². The molecule has 0 aliphatic carbocycles. The van der Waals surface area contributed by atoms with Gasteiger partial charge in [0.2, 0.25) is 5.91 Å². The van der Waals surface area contributed by atoms with E-state index in [-0.39, 0.29) is 5.91 Å². The van der Waals surface area contributed by atoms with Gasteiger partial charge in [-0.2, -0.15) is 0 Å². The number of benzene rings is 2. The van der Waals surface area contributed by atoms with Crippen molar-refractivity contribution in [3.63, 3.8) is 0 Å². The maximum absolute atomic E-state index is 11.9. The molecule has 3 nitrogen and oxygen atoms in total. The molecule has 0 fully saturated rings. The zero-order valence-corrected chi connectivity index (χ0v) is 14.0. The quantitative estimate of drug-likeness (QED) is 0.789. The highest BCUT2D eigenvalue weighted by molar-refractivity contribution is 9.10. The van der Waals surface area contributed by atoms with Crippen molar-refractivity contribution in [1.82, 2.24) is 5.32 Å². The average molecular weight is 366 g/mol. The fourth-order valence-electron chi connectivity index (χ4n) is 1.74. The molecule has 1 N–H and O–H groups in total. The van der Waals surface area contributed by atoms with Crippen LogP contribution in [-0.4, -0.2) is 18.8 Å². The highest BCUT2D eigenvalue weighted by Crippen LogP contribution is 2.26. The third-order valence-electron chi connectivity index (χ3n) is 2.82. The Kier molecular flexibility index (Phi) is 6.14. The van der Waals surface area contributed by atoms with Gasteiger partial charge in [0, 0.05) is 15.9 Å². The fourth-order valence-corrected chi connectivity index (χ4v) is 3.14. The van der Waals surface area contributed by atoms with Gasteiger partial charge in [0.25, 0.3) is 0 Å². The lowest BCUT2D eigenvalue weighted by molar-refractivity contribution is -0.118. The van der Waals surface area contributed by atoms with Gasteiger partial charge in [-0.3, -0.25) is 4.79 Å². The summed E-state index contributed by atoms with van der Waals surface area (Å²) in [5, 5.41) is 2.91. The second-order valence-electron chi connectivity index (χ2n) is 4.35. The summed E-state index contributed by atoms with van der Waals surface area (Å²) in [6, 6.07) is 15.5. The zero-order valence-electron chi connectivity index (χ0n) is 11.6. The molecule has 0 aliphatic rings. The van der Waals surface area contributed by atoms with Crippen molar-refractivity contribution in [3.8, 4) is 5.75 Å². The summed E-state index contributed by atoms with van der Waals surface area (Å²) in [6.45, 7) is 0.507. The first kappa shape index (κ1) is 15.9. The Balaban J connectivity index is 1.81. The van der Waals surface area contributed by atoms with Gasteiger partial charge in [0.1, 0.15) is 5.75 Å². The van der Waals surface area contributed by atoms with Crippen LogP contribution in [0.4, 0.5) is 0 Å². The van der Waals surface area contributed by atoms with Crippen LogP contribution >= 0.6 is 27.7 Å². The number of ether oxygens (including phenoxy) is 1. The summed E-state index contributed by atoms with van der Waals surface area (Å²) < 4.78 is 6.17. The molecule has 0 atom stereocenters. The third kappa shape index (κ3) is 5.10. The lowest BCUT2D eigenvalue weighted by atomic mass is 10.2. The minimum atomic E-state index is 0.0126. The Bertz CT molecular complexity index is 619. The van der Waals surface area contributed by atoms with Crippen LogP contribution in [0.3, 0.4) is 0 Å². The van der Waals surface area contributed by atoms with Crippen molar-refractivity contribution in [3.05, 3.63) is 58.6 Å². The average Bonchev–Trinajstić information content (AvgIpc) is 2.52. The molecule has 0 aliphatic heterocycles. The smallest absolute Gasteiger partial charge is 0.230 e. The number of amides is 1. The fraction of sp³-hybridized carbons (Fsp3) is 0.188. The van der Waals surface area contributed by atoms with Crippen LogP contribution in [0.25, 0.3) is 0 Å². The molecular formula is C16H16BrNO2S. The molecule has 0 aromatic heterocycles. The topological polar surface area (TPSA) is 38.3 Å². The third-order valence-corrected chi connectivity index (χ3v) is 4.85. The molecule has 0 spiro atoms. The van der Waals surface area contributed by atoms with Crippen LogP contribution in [0.15, 0.2) is 57.9 Å². The minimum absolute atomic E-state index is 0.0126. The van der Waals surface area contributed by atoms with E-state index in [0.29, 0.717) is 12.3 Å². The normalized spacial score (nSPS) is 10.2. The molecule has 1 amide bonds. The maximum Gasteiger partial charge on any atom is 0.230 e. The maximum atomic E-state index is 11.9. The van der Waals surface area contributed by atoms with E-state index < -0.39 is 0 Å². The van der Waals surface area contributed by atoms with Crippen molar-refractivity contribution in [2.24, 2.45) is 0 Å². The summed E-state index contributed by atoms with van der Waals surface area (Å²) in [6.07, 6.45) is 0. The van der Waals surface area contributed by atoms with E-state index in [2.05, 4.69) is 21.2 Å². The Morgan fingerprint density at radius 1 is 1.24 bits per heavy atom. The van der Waals surface area contributed by atoms with Gasteiger partial charge in [0.05, 0.1) is 12.9 Å². The van der Waals surface area contributed by atoms with Crippen LogP contribution in [0.5, 0.6) is 5.75 Å².